The number of aryl methyl sites for hydroxylation is 1. The summed E-state index contributed by atoms with van der Waals surface area (Å²) < 4.78 is 10.6. The molecule has 0 spiro atoms. The number of rotatable bonds is 5. The first-order valence-electron chi connectivity index (χ1n) is 7.50. The number of benzene rings is 1. The van der Waals surface area contributed by atoms with Crippen LogP contribution in [0.2, 0.25) is 0 Å². The maximum absolute atomic E-state index is 9.52. The number of nitrogens with zero attached hydrogens (tertiary/aromatic N) is 2. The first-order chi connectivity index (χ1) is 12.2. The molecule has 0 saturated heterocycles. The molecular weight excluding hydrogens is 352 g/mol. The number of hydrogen-bond donors (Lipinski definition) is 0. The van der Waals surface area contributed by atoms with Crippen molar-refractivity contribution in [2.24, 2.45) is 0 Å². The lowest BCUT2D eigenvalue weighted by Gasteiger charge is -2.08. The predicted octanol–water partition coefficient (Wildman–Crippen LogP) is 5.26. The van der Waals surface area contributed by atoms with Gasteiger partial charge in [-0.3, -0.25) is 0 Å². The van der Waals surface area contributed by atoms with E-state index in [4.69, 9.17) is 9.47 Å². The Hall–Kier alpha value is -2.62. The van der Waals surface area contributed by atoms with Gasteiger partial charge in [-0.15, -0.1) is 22.7 Å². The summed E-state index contributed by atoms with van der Waals surface area (Å²) in [4.78, 5) is 5.71. The molecule has 25 heavy (non-hydrogen) atoms. The summed E-state index contributed by atoms with van der Waals surface area (Å²) in [6.45, 7) is 2.04. The number of nitriles is 1. The lowest BCUT2D eigenvalue weighted by molar-refractivity contribution is 0.355. The minimum Gasteiger partial charge on any atom is -0.493 e. The van der Waals surface area contributed by atoms with Crippen LogP contribution in [0.1, 0.15) is 15.4 Å². The molecule has 1 aromatic carbocycles. The quantitative estimate of drug-likeness (QED) is 0.576. The van der Waals surface area contributed by atoms with Crippen molar-refractivity contribution in [2.45, 2.75) is 6.92 Å². The van der Waals surface area contributed by atoms with E-state index in [1.165, 1.54) is 11.3 Å². The molecular formula is C19H16N2O2S2. The molecule has 0 aliphatic heterocycles. The summed E-state index contributed by atoms with van der Waals surface area (Å²) in [6.07, 6.45) is 1.90. The van der Waals surface area contributed by atoms with Gasteiger partial charge in [0, 0.05) is 15.8 Å². The summed E-state index contributed by atoms with van der Waals surface area (Å²) in [6, 6.07) is 9.97. The van der Waals surface area contributed by atoms with E-state index in [-0.39, 0.29) is 0 Å². The fraction of sp³-hybridized carbons (Fsp3) is 0.158. The minimum atomic E-state index is 0.572. The van der Waals surface area contributed by atoms with Gasteiger partial charge in [-0.2, -0.15) is 5.26 Å². The highest BCUT2D eigenvalue weighted by Gasteiger charge is 2.12. The maximum Gasteiger partial charge on any atom is 0.161 e. The third-order valence-corrected chi connectivity index (χ3v) is 5.55. The number of thiazole rings is 1. The van der Waals surface area contributed by atoms with Crippen molar-refractivity contribution in [2.75, 3.05) is 14.2 Å². The molecule has 4 nitrogen and oxygen atoms in total. The zero-order valence-electron chi connectivity index (χ0n) is 14.1. The van der Waals surface area contributed by atoms with Crippen molar-refractivity contribution in [1.29, 1.82) is 5.26 Å². The van der Waals surface area contributed by atoms with Gasteiger partial charge in [0.05, 0.1) is 25.5 Å². The van der Waals surface area contributed by atoms with E-state index in [9.17, 15) is 5.26 Å². The van der Waals surface area contributed by atoms with Crippen molar-refractivity contribution < 1.29 is 9.47 Å². The van der Waals surface area contributed by atoms with Crippen LogP contribution in [0.15, 0.2) is 35.0 Å². The van der Waals surface area contributed by atoms with Crippen LogP contribution in [0.25, 0.3) is 22.9 Å². The normalized spacial score (nSPS) is 11.2. The highest BCUT2D eigenvalue weighted by atomic mass is 32.1. The van der Waals surface area contributed by atoms with Crippen molar-refractivity contribution in [3.05, 3.63) is 50.5 Å². The molecule has 0 unspecified atom stereocenters. The fourth-order valence-corrected chi connectivity index (χ4v) is 3.98. The molecule has 0 amide bonds. The molecule has 126 valence electrons. The number of aromatic nitrogens is 1. The maximum atomic E-state index is 9.52. The van der Waals surface area contributed by atoms with Gasteiger partial charge in [-0.05, 0) is 48.2 Å². The average molecular weight is 368 g/mol. The van der Waals surface area contributed by atoms with E-state index < -0.39 is 0 Å². The Morgan fingerprint density at radius 2 is 1.96 bits per heavy atom. The number of hydrogen-bond acceptors (Lipinski definition) is 6. The van der Waals surface area contributed by atoms with Gasteiger partial charge >= 0.3 is 0 Å². The standard InChI is InChI=1S/C19H16N2O2S2/c1-12-6-7-24-18(12)9-14(10-20)19-21-15(11-25-19)13-4-5-16(22-2)17(8-13)23-3/h4-9,11H,1-3H3. The summed E-state index contributed by atoms with van der Waals surface area (Å²) in [5.74, 6) is 1.33. The molecule has 2 heterocycles. The van der Waals surface area contributed by atoms with E-state index in [0.29, 0.717) is 22.1 Å². The molecule has 0 saturated carbocycles. The molecule has 2 aromatic heterocycles. The van der Waals surface area contributed by atoms with Gasteiger partial charge < -0.3 is 9.47 Å². The zero-order chi connectivity index (χ0) is 17.8. The zero-order valence-corrected chi connectivity index (χ0v) is 15.7. The highest BCUT2D eigenvalue weighted by Crippen LogP contribution is 2.34. The molecule has 3 rings (SSSR count). The van der Waals surface area contributed by atoms with Crippen molar-refractivity contribution >= 4 is 34.3 Å². The van der Waals surface area contributed by atoms with Crippen LogP contribution < -0.4 is 9.47 Å². The smallest absolute Gasteiger partial charge is 0.161 e. The van der Waals surface area contributed by atoms with Crippen molar-refractivity contribution in [3.63, 3.8) is 0 Å². The topological polar surface area (TPSA) is 55.1 Å². The van der Waals surface area contributed by atoms with Crippen molar-refractivity contribution in [3.8, 4) is 28.8 Å². The summed E-state index contributed by atoms with van der Waals surface area (Å²) in [5, 5.41) is 14.2. The Bertz CT molecular complexity index is 964. The van der Waals surface area contributed by atoms with Gasteiger partial charge in [0.2, 0.25) is 0 Å². The van der Waals surface area contributed by atoms with Gasteiger partial charge in [-0.1, -0.05) is 0 Å². The van der Waals surface area contributed by atoms with Crippen LogP contribution in [0.4, 0.5) is 0 Å². The lowest BCUT2D eigenvalue weighted by atomic mass is 10.1. The van der Waals surface area contributed by atoms with Gasteiger partial charge in [-0.25, -0.2) is 4.98 Å². The second-order valence-electron chi connectivity index (χ2n) is 5.25. The molecule has 0 bridgehead atoms. The van der Waals surface area contributed by atoms with Crippen LogP contribution in [-0.2, 0) is 0 Å². The van der Waals surface area contributed by atoms with E-state index in [0.717, 1.165) is 21.7 Å². The highest BCUT2D eigenvalue weighted by molar-refractivity contribution is 7.12. The van der Waals surface area contributed by atoms with Crippen LogP contribution in [0, 0.1) is 18.3 Å². The second kappa shape index (κ2) is 7.51. The Kier molecular flexibility index (Phi) is 5.17. The summed E-state index contributed by atoms with van der Waals surface area (Å²) >= 11 is 3.08. The molecule has 0 N–H and O–H groups in total. The predicted molar refractivity (Wildman–Crippen MR) is 103 cm³/mol. The number of ether oxygens (including phenoxy) is 2. The van der Waals surface area contributed by atoms with Gasteiger partial charge in [0.25, 0.3) is 0 Å². The Morgan fingerprint density at radius 3 is 2.60 bits per heavy atom. The molecule has 0 aliphatic carbocycles. The molecule has 6 heteroatoms. The van der Waals surface area contributed by atoms with Crippen LogP contribution >= 0.6 is 22.7 Å². The van der Waals surface area contributed by atoms with E-state index >= 15 is 0 Å². The fourth-order valence-electron chi connectivity index (χ4n) is 2.33. The molecule has 0 atom stereocenters. The largest absolute Gasteiger partial charge is 0.493 e. The van der Waals surface area contributed by atoms with Crippen molar-refractivity contribution in [1.82, 2.24) is 4.98 Å². The minimum absolute atomic E-state index is 0.572. The van der Waals surface area contributed by atoms with E-state index in [1.54, 1.807) is 25.6 Å². The van der Waals surface area contributed by atoms with Crippen LogP contribution in [-0.4, -0.2) is 19.2 Å². The monoisotopic (exact) mass is 368 g/mol. The second-order valence-corrected chi connectivity index (χ2v) is 7.05. The van der Waals surface area contributed by atoms with E-state index in [2.05, 4.69) is 11.1 Å². The van der Waals surface area contributed by atoms with Crippen LogP contribution in [0.3, 0.4) is 0 Å². The molecule has 0 radical (unpaired) electrons. The third-order valence-electron chi connectivity index (χ3n) is 3.71. The first-order valence-corrected chi connectivity index (χ1v) is 9.26. The number of methoxy groups -OCH3 is 2. The first kappa shape index (κ1) is 17.2. The third kappa shape index (κ3) is 3.58. The lowest BCUT2D eigenvalue weighted by Crippen LogP contribution is -1.91. The summed E-state index contributed by atoms with van der Waals surface area (Å²) in [5.41, 5.74) is 3.46. The van der Waals surface area contributed by atoms with Gasteiger partial charge in [0.15, 0.2) is 11.5 Å². The van der Waals surface area contributed by atoms with Crippen LogP contribution in [0.5, 0.6) is 11.5 Å². The Morgan fingerprint density at radius 1 is 1.16 bits per heavy atom. The van der Waals surface area contributed by atoms with Gasteiger partial charge in [0.1, 0.15) is 11.1 Å². The Balaban J connectivity index is 1.96. The molecule has 0 aliphatic rings. The molecule has 0 fully saturated rings. The average Bonchev–Trinajstić information content (AvgIpc) is 3.28. The SMILES string of the molecule is COc1ccc(-c2csc(C(C#N)=Cc3sccc3C)n2)cc1OC. The molecule has 3 aromatic rings. The number of allylic oxidation sites excluding steroid dienone is 1. The summed E-state index contributed by atoms with van der Waals surface area (Å²) in [7, 11) is 3.21. The van der Waals surface area contributed by atoms with E-state index in [1.807, 2.05) is 48.0 Å². The Labute approximate surface area is 154 Å². The number of thiophene rings is 1.